The highest BCUT2D eigenvalue weighted by atomic mass is 32.1. The quantitative estimate of drug-likeness (QED) is 0.664. The van der Waals surface area contributed by atoms with E-state index >= 15 is 0 Å². The van der Waals surface area contributed by atoms with E-state index in [0.717, 1.165) is 28.6 Å². The van der Waals surface area contributed by atoms with Gasteiger partial charge in [0.1, 0.15) is 0 Å². The van der Waals surface area contributed by atoms with E-state index in [1.165, 1.54) is 49.1 Å². The minimum absolute atomic E-state index is 0.351. The van der Waals surface area contributed by atoms with Crippen molar-refractivity contribution in [2.45, 2.75) is 50.9 Å². The first-order valence-corrected chi connectivity index (χ1v) is 10.9. The van der Waals surface area contributed by atoms with Gasteiger partial charge in [0.05, 0.1) is 5.69 Å². The summed E-state index contributed by atoms with van der Waals surface area (Å²) < 4.78 is 0. The number of hydrogen-bond donors (Lipinski definition) is 2. The molecule has 1 heterocycles. The van der Waals surface area contributed by atoms with Crippen molar-refractivity contribution < 1.29 is 0 Å². The standard InChI is InChI=1S/C21H25N3S2/c1-13-18(21-10-14-7-15(11-21)9-16(8-14)12-21)23-20(26-13)24-19(25)22-17-5-3-2-4-6-17/h2-6,14-16H,7-12H2,1H3,(H2,22,23,24,25). The predicted molar refractivity (Wildman–Crippen MR) is 113 cm³/mol. The molecule has 0 aliphatic heterocycles. The van der Waals surface area contributed by atoms with Crippen LogP contribution < -0.4 is 10.6 Å². The summed E-state index contributed by atoms with van der Waals surface area (Å²) >= 11 is 7.24. The Labute approximate surface area is 164 Å². The van der Waals surface area contributed by atoms with Crippen LogP contribution in [-0.2, 0) is 5.41 Å². The van der Waals surface area contributed by atoms with Gasteiger partial charge in [0.15, 0.2) is 10.2 Å². The molecule has 2 aromatic rings. The summed E-state index contributed by atoms with van der Waals surface area (Å²) in [5.41, 5.74) is 2.72. The van der Waals surface area contributed by atoms with Gasteiger partial charge in [-0.25, -0.2) is 4.98 Å². The van der Waals surface area contributed by atoms with Crippen LogP contribution in [0.2, 0.25) is 0 Å². The number of para-hydroxylation sites is 1. The summed E-state index contributed by atoms with van der Waals surface area (Å²) in [6.07, 6.45) is 8.48. The summed E-state index contributed by atoms with van der Waals surface area (Å²) in [4.78, 5) is 6.43. The van der Waals surface area contributed by atoms with Gasteiger partial charge >= 0.3 is 0 Å². The topological polar surface area (TPSA) is 37.0 Å². The third-order valence-electron chi connectivity index (χ3n) is 6.59. The summed E-state index contributed by atoms with van der Waals surface area (Å²) in [6.45, 7) is 2.24. The summed E-state index contributed by atoms with van der Waals surface area (Å²) in [6, 6.07) is 10.0. The van der Waals surface area contributed by atoms with Crippen LogP contribution in [-0.4, -0.2) is 10.1 Å². The molecule has 4 aliphatic carbocycles. The number of nitrogens with one attached hydrogen (secondary N) is 2. The zero-order valence-electron chi connectivity index (χ0n) is 15.1. The first-order valence-electron chi connectivity index (χ1n) is 9.71. The molecule has 4 bridgehead atoms. The minimum Gasteiger partial charge on any atom is -0.332 e. The monoisotopic (exact) mass is 383 g/mol. The third kappa shape index (κ3) is 2.95. The molecule has 2 N–H and O–H groups in total. The van der Waals surface area contributed by atoms with Gasteiger partial charge in [0.2, 0.25) is 0 Å². The van der Waals surface area contributed by atoms with E-state index in [1.54, 1.807) is 11.3 Å². The first kappa shape index (κ1) is 16.7. The SMILES string of the molecule is Cc1sc(NC(=S)Nc2ccccc2)nc1C12CC3CC(CC(C3)C1)C2. The number of thiocarbonyl (C=S) groups is 1. The molecule has 26 heavy (non-hydrogen) atoms. The van der Waals surface area contributed by atoms with Crippen LogP contribution >= 0.6 is 23.6 Å². The van der Waals surface area contributed by atoms with Crippen LogP contribution in [0, 0.1) is 24.7 Å². The number of nitrogens with zero attached hydrogens (tertiary/aromatic N) is 1. The Balaban J connectivity index is 1.35. The third-order valence-corrected chi connectivity index (χ3v) is 7.68. The van der Waals surface area contributed by atoms with Gasteiger partial charge in [-0.15, -0.1) is 11.3 Å². The normalized spacial score (nSPS) is 31.8. The Morgan fingerprint density at radius 1 is 1.04 bits per heavy atom. The molecule has 136 valence electrons. The Kier molecular flexibility index (Phi) is 4.05. The number of aryl methyl sites for hydroxylation is 1. The Hall–Kier alpha value is -1.46. The van der Waals surface area contributed by atoms with Gasteiger partial charge < -0.3 is 10.6 Å². The molecule has 4 saturated carbocycles. The highest BCUT2D eigenvalue weighted by Crippen LogP contribution is 2.61. The lowest BCUT2D eigenvalue weighted by atomic mass is 9.48. The minimum atomic E-state index is 0.351. The largest absolute Gasteiger partial charge is 0.332 e. The molecular formula is C21H25N3S2. The van der Waals surface area contributed by atoms with Gasteiger partial charge in [-0.05, 0) is 87.6 Å². The molecule has 5 heteroatoms. The van der Waals surface area contributed by atoms with Crippen molar-refractivity contribution in [2.75, 3.05) is 10.6 Å². The van der Waals surface area contributed by atoms with Crippen molar-refractivity contribution in [2.24, 2.45) is 17.8 Å². The Morgan fingerprint density at radius 3 is 2.27 bits per heavy atom. The van der Waals surface area contributed by atoms with Gasteiger partial charge in [0.25, 0.3) is 0 Å². The first-order chi connectivity index (χ1) is 12.6. The zero-order chi connectivity index (χ0) is 17.7. The smallest absolute Gasteiger partial charge is 0.189 e. The lowest BCUT2D eigenvalue weighted by Crippen LogP contribution is -2.49. The van der Waals surface area contributed by atoms with E-state index in [2.05, 4.69) is 17.6 Å². The van der Waals surface area contributed by atoms with E-state index in [1.807, 2.05) is 30.3 Å². The molecule has 0 unspecified atom stereocenters. The maximum atomic E-state index is 5.48. The fourth-order valence-electron chi connectivity index (χ4n) is 6.12. The number of hydrogen-bond acceptors (Lipinski definition) is 3. The Bertz CT molecular complexity index is 792. The van der Waals surface area contributed by atoms with E-state index in [9.17, 15) is 0 Å². The summed E-state index contributed by atoms with van der Waals surface area (Å²) in [5.74, 6) is 2.83. The van der Waals surface area contributed by atoms with Crippen molar-refractivity contribution in [3.8, 4) is 0 Å². The van der Waals surface area contributed by atoms with Gasteiger partial charge in [0, 0.05) is 16.0 Å². The second-order valence-corrected chi connectivity index (χ2v) is 10.2. The molecule has 1 aromatic heterocycles. The highest BCUT2D eigenvalue weighted by molar-refractivity contribution is 7.80. The average molecular weight is 384 g/mol. The summed E-state index contributed by atoms with van der Waals surface area (Å²) in [5, 5.41) is 8.10. The van der Waals surface area contributed by atoms with Crippen LogP contribution in [0.5, 0.6) is 0 Å². The molecule has 0 spiro atoms. The molecule has 4 fully saturated rings. The van der Waals surface area contributed by atoms with Crippen LogP contribution in [0.1, 0.15) is 49.1 Å². The zero-order valence-corrected chi connectivity index (χ0v) is 16.8. The maximum absolute atomic E-state index is 5.48. The predicted octanol–water partition coefficient (Wildman–Crippen LogP) is 5.73. The van der Waals surface area contributed by atoms with E-state index < -0.39 is 0 Å². The fourth-order valence-corrected chi connectivity index (χ4v) is 7.34. The lowest BCUT2D eigenvalue weighted by Gasteiger charge is -2.56. The van der Waals surface area contributed by atoms with Crippen LogP contribution in [0.3, 0.4) is 0 Å². The molecule has 3 nitrogen and oxygen atoms in total. The van der Waals surface area contributed by atoms with Crippen molar-refractivity contribution in [1.82, 2.24) is 4.98 Å². The van der Waals surface area contributed by atoms with Crippen molar-refractivity contribution in [1.29, 1.82) is 0 Å². The molecule has 0 atom stereocenters. The van der Waals surface area contributed by atoms with Crippen LogP contribution in [0.25, 0.3) is 0 Å². The van der Waals surface area contributed by atoms with Gasteiger partial charge in [-0.2, -0.15) is 0 Å². The Morgan fingerprint density at radius 2 is 1.65 bits per heavy atom. The molecule has 0 saturated heterocycles. The van der Waals surface area contributed by atoms with E-state index in [4.69, 9.17) is 17.2 Å². The molecule has 0 radical (unpaired) electrons. The molecule has 4 aliphatic rings. The number of thiazole rings is 1. The number of anilines is 2. The summed E-state index contributed by atoms with van der Waals surface area (Å²) in [7, 11) is 0. The number of aromatic nitrogens is 1. The molecular weight excluding hydrogens is 358 g/mol. The second-order valence-electron chi connectivity index (χ2n) is 8.57. The van der Waals surface area contributed by atoms with Crippen molar-refractivity contribution >= 4 is 39.5 Å². The molecule has 1 aromatic carbocycles. The lowest BCUT2D eigenvalue weighted by molar-refractivity contribution is -0.00714. The highest BCUT2D eigenvalue weighted by Gasteiger charge is 2.53. The van der Waals surface area contributed by atoms with Crippen molar-refractivity contribution in [3.05, 3.63) is 40.9 Å². The van der Waals surface area contributed by atoms with Gasteiger partial charge in [-0.3, -0.25) is 0 Å². The van der Waals surface area contributed by atoms with Crippen LogP contribution in [0.15, 0.2) is 30.3 Å². The maximum Gasteiger partial charge on any atom is 0.189 e. The van der Waals surface area contributed by atoms with Gasteiger partial charge in [-0.1, -0.05) is 18.2 Å². The second kappa shape index (κ2) is 6.31. The fraction of sp³-hybridized carbons (Fsp3) is 0.524. The van der Waals surface area contributed by atoms with Crippen LogP contribution in [0.4, 0.5) is 10.8 Å². The molecule has 6 rings (SSSR count). The number of benzene rings is 1. The molecule has 0 amide bonds. The average Bonchev–Trinajstić information content (AvgIpc) is 2.95. The van der Waals surface area contributed by atoms with Crippen molar-refractivity contribution in [3.63, 3.8) is 0 Å². The van der Waals surface area contributed by atoms with E-state index in [0.29, 0.717) is 10.5 Å². The van der Waals surface area contributed by atoms with E-state index in [-0.39, 0.29) is 0 Å². The number of rotatable bonds is 3.